The molecule has 1 atom stereocenters. The number of hydrogen-bond acceptors (Lipinski definition) is 3. The molecule has 6 heteroatoms. The van der Waals surface area contributed by atoms with Crippen molar-refractivity contribution in [3.63, 3.8) is 0 Å². The van der Waals surface area contributed by atoms with Crippen LogP contribution in [-0.2, 0) is 16.6 Å². The largest absolute Gasteiger partial charge is 0.392 e. The molecule has 0 amide bonds. The summed E-state index contributed by atoms with van der Waals surface area (Å²) in [6.45, 7) is 7.51. The van der Waals surface area contributed by atoms with Gasteiger partial charge in [-0.25, -0.2) is 13.1 Å². The van der Waals surface area contributed by atoms with Crippen molar-refractivity contribution in [2.45, 2.75) is 58.1 Å². The van der Waals surface area contributed by atoms with Gasteiger partial charge in [0.15, 0.2) is 0 Å². The summed E-state index contributed by atoms with van der Waals surface area (Å²) in [5.74, 6) is 0.533. The zero-order valence-electron chi connectivity index (χ0n) is 13.0. The van der Waals surface area contributed by atoms with Gasteiger partial charge in [0.1, 0.15) is 0 Å². The van der Waals surface area contributed by atoms with Crippen molar-refractivity contribution in [2.75, 3.05) is 0 Å². The minimum absolute atomic E-state index is 0.135. The Labute approximate surface area is 132 Å². The van der Waals surface area contributed by atoms with Gasteiger partial charge < -0.3 is 5.11 Å². The Kier molecular flexibility index (Phi) is 6.66. The third kappa shape index (κ3) is 5.25. The molecule has 1 rings (SSSR count). The van der Waals surface area contributed by atoms with Gasteiger partial charge in [-0.2, -0.15) is 0 Å². The maximum Gasteiger partial charge on any atom is 0.241 e. The lowest BCUT2D eigenvalue weighted by molar-refractivity contribution is 0.280. The van der Waals surface area contributed by atoms with Crippen molar-refractivity contribution in [2.24, 2.45) is 5.92 Å². The Morgan fingerprint density at radius 3 is 2.38 bits per heavy atom. The van der Waals surface area contributed by atoms with E-state index in [0.717, 1.165) is 12.8 Å². The highest BCUT2D eigenvalue weighted by Gasteiger charge is 2.21. The van der Waals surface area contributed by atoms with Crippen LogP contribution in [0.1, 0.15) is 44.7 Å². The Bertz CT molecular complexity index is 585. The van der Waals surface area contributed by atoms with E-state index < -0.39 is 10.0 Å². The molecule has 0 saturated carbocycles. The van der Waals surface area contributed by atoms with E-state index >= 15 is 0 Å². The number of benzene rings is 1. The molecule has 120 valence electrons. The third-order valence-electron chi connectivity index (χ3n) is 3.43. The smallest absolute Gasteiger partial charge is 0.241 e. The topological polar surface area (TPSA) is 66.4 Å². The molecule has 0 spiro atoms. The second-order valence-electron chi connectivity index (χ2n) is 5.84. The van der Waals surface area contributed by atoms with Crippen molar-refractivity contribution in [1.82, 2.24) is 4.72 Å². The molecule has 0 saturated heterocycles. The van der Waals surface area contributed by atoms with Crippen LogP contribution in [0.2, 0.25) is 5.02 Å². The van der Waals surface area contributed by atoms with Crippen LogP contribution >= 0.6 is 11.6 Å². The van der Waals surface area contributed by atoms with Gasteiger partial charge in [-0.3, -0.25) is 0 Å². The molecule has 0 heterocycles. The number of halogens is 1. The Morgan fingerprint density at radius 2 is 1.86 bits per heavy atom. The monoisotopic (exact) mass is 333 g/mol. The van der Waals surface area contributed by atoms with Crippen LogP contribution in [-0.4, -0.2) is 19.6 Å². The van der Waals surface area contributed by atoms with Crippen LogP contribution in [0, 0.1) is 12.8 Å². The molecule has 0 aliphatic carbocycles. The van der Waals surface area contributed by atoms with E-state index in [4.69, 9.17) is 11.6 Å². The highest BCUT2D eigenvalue weighted by molar-refractivity contribution is 7.89. The van der Waals surface area contributed by atoms with Gasteiger partial charge in [0.25, 0.3) is 0 Å². The lowest BCUT2D eigenvalue weighted by atomic mass is 10.1. The van der Waals surface area contributed by atoms with Crippen LogP contribution in [0.25, 0.3) is 0 Å². The highest BCUT2D eigenvalue weighted by atomic mass is 35.5. The molecule has 1 aromatic carbocycles. The second-order valence-corrected chi connectivity index (χ2v) is 7.96. The van der Waals surface area contributed by atoms with Gasteiger partial charge in [0, 0.05) is 11.1 Å². The van der Waals surface area contributed by atoms with Crippen LogP contribution in [0.15, 0.2) is 17.0 Å². The van der Waals surface area contributed by atoms with Crippen molar-refractivity contribution < 1.29 is 13.5 Å². The molecule has 2 N–H and O–H groups in total. The summed E-state index contributed by atoms with van der Waals surface area (Å²) in [6.07, 6.45) is 1.74. The maximum absolute atomic E-state index is 12.5. The molecule has 0 bridgehead atoms. The molecular formula is C15H24ClNO3S. The molecule has 1 unspecified atom stereocenters. The Balaban J connectivity index is 3.00. The molecule has 0 aromatic heterocycles. The standard InChI is InChI=1S/C15H24ClNO3S/c1-10(2)5-6-11(3)17-21(19,20)15-8-14(16)7-13(9-18)12(15)4/h7-8,10-11,17-18H,5-6,9H2,1-4H3. The number of hydrogen-bond donors (Lipinski definition) is 2. The van der Waals surface area contributed by atoms with Gasteiger partial charge in [-0.05, 0) is 55.9 Å². The quantitative estimate of drug-likeness (QED) is 0.805. The number of aliphatic hydroxyl groups excluding tert-OH is 1. The van der Waals surface area contributed by atoms with Crippen molar-refractivity contribution in [1.29, 1.82) is 0 Å². The summed E-state index contributed by atoms with van der Waals surface area (Å²) in [4.78, 5) is 0.135. The first-order valence-electron chi connectivity index (χ1n) is 7.09. The minimum Gasteiger partial charge on any atom is -0.392 e. The molecule has 21 heavy (non-hydrogen) atoms. The van der Waals surface area contributed by atoms with Crippen LogP contribution in [0.3, 0.4) is 0 Å². The molecule has 0 radical (unpaired) electrons. The molecule has 1 aromatic rings. The number of nitrogens with one attached hydrogen (secondary N) is 1. The molecule has 0 aliphatic heterocycles. The second kappa shape index (κ2) is 7.58. The van der Waals surface area contributed by atoms with Gasteiger partial charge >= 0.3 is 0 Å². The fourth-order valence-electron chi connectivity index (χ4n) is 2.12. The summed E-state index contributed by atoms with van der Waals surface area (Å²) >= 11 is 5.94. The number of aliphatic hydroxyl groups is 1. The Hall–Kier alpha value is -0.620. The fourth-order valence-corrected chi connectivity index (χ4v) is 4.02. The highest BCUT2D eigenvalue weighted by Crippen LogP contribution is 2.25. The lowest BCUT2D eigenvalue weighted by Gasteiger charge is -2.17. The first-order valence-corrected chi connectivity index (χ1v) is 8.95. The zero-order valence-corrected chi connectivity index (χ0v) is 14.6. The Morgan fingerprint density at radius 1 is 1.24 bits per heavy atom. The molecule has 0 aliphatic rings. The van der Waals surface area contributed by atoms with Crippen LogP contribution in [0.4, 0.5) is 0 Å². The van der Waals surface area contributed by atoms with E-state index in [1.54, 1.807) is 13.0 Å². The number of sulfonamides is 1. The first kappa shape index (κ1) is 18.4. The molecule has 4 nitrogen and oxygen atoms in total. The first-order chi connectivity index (χ1) is 9.67. The van der Waals surface area contributed by atoms with E-state index in [1.807, 2.05) is 6.92 Å². The van der Waals surface area contributed by atoms with E-state index in [0.29, 0.717) is 22.1 Å². The van der Waals surface area contributed by atoms with Crippen molar-refractivity contribution in [3.05, 3.63) is 28.3 Å². The minimum atomic E-state index is -3.64. The zero-order chi connectivity index (χ0) is 16.2. The fraction of sp³-hybridized carbons (Fsp3) is 0.600. The van der Waals surface area contributed by atoms with Crippen molar-refractivity contribution in [3.8, 4) is 0 Å². The molecule has 0 fully saturated rings. The van der Waals surface area contributed by atoms with Crippen molar-refractivity contribution >= 4 is 21.6 Å². The number of rotatable bonds is 7. The van der Waals surface area contributed by atoms with E-state index in [9.17, 15) is 13.5 Å². The predicted octanol–water partition coefficient (Wildman–Crippen LogP) is 3.24. The average molecular weight is 334 g/mol. The average Bonchev–Trinajstić information content (AvgIpc) is 2.38. The summed E-state index contributed by atoms with van der Waals surface area (Å²) < 4.78 is 27.6. The van der Waals surface area contributed by atoms with E-state index in [-0.39, 0.29) is 17.5 Å². The van der Waals surface area contributed by atoms with Gasteiger partial charge in [-0.1, -0.05) is 25.4 Å². The predicted molar refractivity (Wildman–Crippen MR) is 86.0 cm³/mol. The SMILES string of the molecule is Cc1c(CO)cc(Cl)cc1S(=O)(=O)NC(C)CCC(C)C. The van der Waals surface area contributed by atoms with Crippen LogP contribution < -0.4 is 4.72 Å². The summed E-state index contributed by atoms with van der Waals surface area (Å²) in [6, 6.07) is 2.86. The molecular weight excluding hydrogens is 310 g/mol. The van der Waals surface area contributed by atoms with Gasteiger partial charge in [0.2, 0.25) is 10.0 Å². The third-order valence-corrected chi connectivity index (χ3v) is 5.36. The van der Waals surface area contributed by atoms with Crippen LogP contribution in [0.5, 0.6) is 0 Å². The summed E-state index contributed by atoms with van der Waals surface area (Å²) in [5, 5.41) is 9.59. The van der Waals surface area contributed by atoms with E-state index in [1.165, 1.54) is 6.07 Å². The van der Waals surface area contributed by atoms with Gasteiger partial charge in [0.05, 0.1) is 11.5 Å². The maximum atomic E-state index is 12.5. The summed E-state index contributed by atoms with van der Waals surface area (Å²) in [7, 11) is -3.64. The lowest BCUT2D eigenvalue weighted by Crippen LogP contribution is -2.33. The summed E-state index contributed by atoms with van der Waals surface area (Å²) in [5.41, 5.74) is 1.06. The normalized spacial score (nSPS) is 13.7. The van der Waals surface area contributed by atoms with Gasteiger partial charge in [-0.15, -0.1) is 0 Å². The van der Waals surface area contributed by atoms with E-state index in [2.05, 4.69) is 18.6 Å².